The van der Waals surface area contributed by atoms with Crippen LogP contribution in [0.4, 0.5) is 0 Å². The molecule has 0 amide bonds. The summed E-state index contributed by atoms with van der Waals surface area (Å²) < 4.78 is 5.71. The van der Waals surface area contributed by atoms with Crippen LogP contribution in [0.25, 0.3) is 0 Å². The van der Waals surface area contributed by atoms with E-state index in [1.807, 2.05) is 0 Å². The van der Waals surface area contributed by atoms with Crippen molar-refractivity contribution in [3.8, 4) is 0 Å². The zero-order chi connectivity index (χ0) is 14.5. The van der Waals surface area contributed by atoms with E-state index in [0.717, 1.165) is 51.7 Å². The SMILES string of the molecule is CC1CN(Cc2ccc(CCNC3CC3)cc2)CCCO1. The monoisotopic (exact) mass is 288 g/mol. The van der Waals surface area contributed by atoms with Crippen LogP contribution in [0.15, 0.2) is 24.3 Å². The second-order valence-electron chi connectivity index (χ2n) is 6.56. The molecule has 21 heavy (non-hydrogen) atoms. The van der Waals surface area contributed by atoms with Gasteiger partial charge in [-0.05, 0) is 50.3 Å². The Balaban J connectivity index is 1.46. The van der Waals surface area contributed by atoms with E-state index < -0.39 is 0 Å². The molecule has 1 N–H and O–H groups in total. The second kappa shape index (κ2) is 7.39. The Kier molecular flexibility index (Phi) is 5.28. The first-order chi connectivity index (χ1) is 10.3. The molecule has 3 heteroatoms. The van der Waals surface area contributed by atoms with Gasteiger partial charge in [-0.3, -0.25) is 4.90 Å². The van der Waals surface area contributed by atoms with Gasteiger partial charge in [-0.1, -0.05) is 24.3 Å². The summed E-state index contributed by atoms with van der Waals surface area (Å²) in [4.78, 5) is 2.52. The number of nitrogens with one attached hydrogen (secondary N) is 1. The van der Waals surface area contributed by atoms with Crippen LogP contribution in [0, 0.1) is 0 Å². The highest BCUT2D eigenvalue weighted by Crippen LogP contribution is 2.18. The van der Waals surface area contributed by atoms with Gasteiger partial charge in [0.1, 0.15) is 0 Å². The van der Waals surface area contributed by atoms with Gasteiger partial charge in [-0.25, -0.2) is 0 Å². The van der Waals surface area contributed by atoms with Crippen LogP contribution < -0.4 is 5.32 Å². The van der Waals surface area contributed by atoms with E-state index in [0.29, 0.717) is 6.10 Å². The molecule has 1 aromatic carbocycles. The summed E-state index contributed by atoms with van der Waals surface area (Å²) in [5.41, 5.74) is 2.86. The lowest BCUT2D eigenvalue weighted by molar-refractivity contribution is 0.0668. The first kappa shape index (κ1) is 15.0. The second-order valence-corrected chi connectivity index (χ2v) is 6.56. The van der Waals surface area contributed by atoms with E-state index in [1.165, 1.54) is 24.0 Å². The van der Waals surface area contributed by atoms with Gasteiger partial charge in [0.05, 0.1) is 6.10 Å². The number of benzene rings is 1. The molecule has 1 unspecified atom stereocenters. The number of nitrogens with zero attached hydrogens (tertiary/aromatic N) is 1. The third kappa shape index (κ3) is 5.10. The van der Waals surface area contributed by atoms with Crippen LogP contribution in [0.2, 0.25) is 0 Å². The minimum Gasteiger partial charge on any atom is -0.377 e. The molecule has 1 heterocycles. The predicted molar refractivity (Wildman–Crippen MR) is 86.5 cm³/mol. The molecule has 1 aliphatic carbocycles. The molecule has 0 bridgehead atoms. The van der Waals surface area contributed by atoms with Gasteiger partial charge in [0, 0.05) is 32.3 Å². The number of hydrogen-bond acceptors (Lipinski definition) is 3. The summed E-state index contributed by atoms with van der Waals surface area (Å²) in [6, 6.07) is 9.99. The van der Waals surface area contributed by atoms with Crippen molar-refractivity contribution in [3.63, 3.8) is 0 Å². The number of rotatable bonds is 6. The Morgan fingerprint density at radius 3 is 2.71 bits per heavy atom. The van der Waals surface area contributed by atoms with Gasteiger partial charge < -0.3 is 10.1 Å². The van der Waals surface area contributed by atoms with Crippen molar-refractivity contribution in [3.05, 3.63) is 35.4 Å². The summed E-state index contributed by atoms with van der Waals surface area (Å²) in [5, 5.41) is 3.58. The molecule has 1 aromatic rings. The van der Waals surface area contributed by atoms with Gasteiger partial charge >= 0.3 is 0 Å². The molecule has 2 aliphatic rings. The van der Waals surface area contributed by atoms with Crippen LogP contribution in [-0.4, -0.2) is 43.3 Å². The lowest BCUT2D eigenvalue weighted by Gasteiger charge is -2.21. The van der Waals surface area contributed by atoms with E-state index >= 15 is 0 Å². The Morgan fingerprint density at radius 1 is 1.19 bits per heavy atom. The average Bonchev–Trinajstić information content (AvgIpc) is 3.30. The van der Waals surface area contributed by atoms with Crippen LogP contribution >= 0.6 is 0 Å². The lowest BCUT2D eigenvalue weighted by atomic mass is 10.1. The lowest BCUT2D eigenvalue weighted by Crippen LogP contribution is -2.29. The molecule has 3 rings (SSSR count). The molecule has 1 saturated carbocycles. The van der Waals surface area contributed by atoms with Crippen LogP contribution in [0.3, 0.4) is 0 Å². The first-order valence-electron chi connectivity index (χ1n) is 8.45. The Labute approximate surface area is 128 Å². The third-order valence-corrected chi connectivity index (χ3v) is 4.39. The van der Waals surface area contributed by atoms with Crippen LogP contribution in [0.5, 0.6) is 0 Å². The largest absolute Gasteiger partial charge is 0.377 e. The van der Waals surface area contributed by atoms with E-state index in [9.17, 15) is 0 Å². The Bertz CT molecular complexity index is 427. The quantitative estimate of drug-likeness (QED) is 0.871. The van der Waals surface area contributed by atoms with Gasteiger partial charge in [-0.2, -0.15) is 0 Å². The first-order valence-corrected chi connectivity index (χ1v) is 8.45. The van der Waals surface area contributed by atoms with Crippen molar-refractivity contribution >= 4 is 0 Å². The van der Waals surface area contributed by atoms with E-state index in [2.05, 4.69) is 41.4 Å². The highest BCUT2D eigenvalue weighted by Gasteiger charge is 2.19. The van der Waals surface area contributed by atoms with Crippen molar-refractivity contribution < 1.29 is 4.74 Å². The van der Waals surface area contributed by atoms with E-state index in [1.54, 1.807) is 0 Å². The Hall–Kier alpha value is -0.900. The molecule has 1 saturated heterocycles. The maximum absolute atomic E-state index is 5.71. The number of ether oxygens (including phenoxy) is 1. The number of hydrogen-bond donors (Lipinski definition) is 1. The standard InChI is InChI=1S/C18H28N2O/c1-15-13-20(11-2-12-21-15)14-17-5-3-16(4-6-17)9-10-19-18-7-8-18/h3-6,15,18-19H,2,7-14H2,1H3. The van der Waals surface area contributed by atoms with Crippen LogP contribution in [-0.2, 0) is 17.7 Å². The average molecular weight is 288 g/mol. The molecular weight excluding hydrogens is 260 g/mol. The molecule has 2 fully saturated rings. The summed E-state index contributed by atoms with van der Waals surface area (Å²) in [6.07, 6.45) is 5.40. The van der Waals surface area contributed by atoms with Crippen molar-refractivity contribution in [2.75, 3.05) is 26.2 Å². The Morgan fingerprint density at radius 2 is 1.95 bits per heavy atom. The summed E-state index contributed by atoms with van der Waals surface area (Å²) in [6.45, 7) is 7.45. The third-order valence-electron chi connectivity index (χ3n) is 4.39. The van der Waals surface area contributed by atoms with Crippen molar-refractivity contribution in [1.29, 1.82) is 0 Å². The summed E-state index contributed by atoms with van der Waals surface area (Å²) >= 11 is 0. The van der Waals surface area contributed by atoms with Gasteiger partial charge in [-0.15, -0.1) is 0 Å². The minimum absolute atomic E-state index is 0.361. The molecule has 0 spiro atoms. The fourth-order valence-electron chi connectivity index (χ4n) is 3.00. The van der Waals surface area contributed by atoms with Gasteiger partial charge in [0.15, 0.2) is 0 Å². The summed E-state index contributed by atoms with van der Waals surface area (Å²) in [7, 11) is 0. The fourth-order valence-corrected chi connectivity index (χ4v) is 3.00. The smallest absolute Gasteiger partial charge is 0.0674 e. The molecule has 0 aromatic heterocycles. The normalized spacial score (nSPS) is 24.0. The predicted octanol–water partition coefficient (Wildman–Crippen LogP) is 2.59. The maximum Gasteiger partial charge on any atom is 0.0674 e. The minimum atomic E-state index is 0.361. The molecule has 3 nitrogen and oxygen atoms in total. The van der Waals surface area contributed by atoms with Crippen LogP contribution in [0.1, 0.15) is 37.3 Å². The summed E-state index contributed by atoms with van der Waals surface area (Å²) in [5.74, 6) is 0. The molecule has 1 atom stereocenters. The maximum atomic E-state index is 5.71. The van der Waals surface area contributed by atoms with Crippen molar-refractivity contribution in [1.82, 2.24) is 10.2 Å². The fraction of sp³-hybridized carbons (Fsp3) is 0.667. The zero-order valence-electron chi connectivity index (χ0n) is 13.2. The molecule has 0 radical (unpaired) electrons. The highest BCUT2D eigenvalue weighted by molar-refractivity contribution is 5.22. The molecular formula is C18H28N2O. The van der Waals surface area contributed by atoms with E-state index in [4.69, 9.17) is 4.74 Å². The molecule has 116 valence electrons. The van der Waals surface area contributed by atoms with Gasteiger partial charge in [0.2, 0.25) is 0 Å². The molecule has 1 aliphatic heterocycles. The van der Waals surface area contributed by atoms with Crippen molar-refractivity contribution in [2.45, 2.75) is 51.3 Å². The van der Waals surface area contributed by atoms with E-state index in [-0.39, 0.29) is 0 Å². The van der Waals surface area contributed by atoms with Gasteiger partial charge in [0.25, 0.3) is 0 Å². The zero-order valence-corrected chi connectivity index (χ0v) is 13.2. The topological polar surface area (TPSA) is 24.5 Å². The highest BCUT2D eigenvalue weighted by atomic mass is 16.5. The van der Waals surface area contributed by atoms with Crippen molar-refractivity contribution in [2.24, 2.45) is 0 Å².